The van der Waals surface area contributed by atoms with E-state index in [-0.39, 0.29) is 90.7 Å². The average molecular weight is 1620 g/mol. The first-order valence-corrected chi connectivity index (χ1v) is 42.0. The second-order valence-corrected chi connectivity index (χ2v) is 38.6. The number of halogens is 6. The molecule has 115 heavy (non-hydrogen) atoms. The van der Waals surface area contributed by atoms with Crippen LogP contribution in [0.4, 0.5) is 26.3 Å². The van der Waals surface area contributed by atoms with Gasteiger partial charge in [-0.05, 0) is 197 Å². The van der Waals surface area contributed by atoms with Gasteiger partial charge in [0, 0.05) is 50.1 Å². The molecule has 10 heterocycles. The summed E-state index contributed by atoms with van der Waals surface area (Å²) in [6, 6.07) is 22.1. The number of rotatable bonds is 15. The molecule has 9 aromatic heterocycles. The van der Waals surface area contributed by atoms with Crippen molar-refractivity contribution in [2.75, 3.05) is 32.6 Å². The lowest BCUT2D eigenvalue weighted by molar-refractivity contribution is 0.242. The Morgan fingerprint density at radius 3 is 1.27 bits per heavy atom. The van der Waals surface area contributed by atoms with Gasteiger partial charge in [0.15, 0.2) is 5.82 Å². The predicted octanol–water partition coefficient (Wildman–Crippen LogP) is 10.3. The molecule has 1 aliphatic heterocycles. The fourth-order valence-corrected chi connectivity index (χ4v) is 22.5. The molecule has 28 nitrogen and oxygen atoms in total. The molecule has 37 heteroatoms. The lowest BCUT2D eigenvalue weighted by Crippen LogP contribution is -2.38. The Labute approximate surface area is 656 Å². The molecular weight excluding hydrogens is 1550 g/mol. The highest BCUT2D eigenvalue weighted by atomic mass is 32.2. The van der Waals surface area contributed by atoms with Crippen molar-refractivity contribution in [1.29, 1.82) is 0 Å². The van der Waals surface area contributed by atoms with E-state index < -0.39 is 85.9 Å². The standard InChI is InChI=1S/C29H29F2N7OS.C25H24F2N8O2S.C24H22F2N8O2S/c1-16-10-23(34-27(33-16)38-15-32-24(37-38)11-17-13-40(4,39)14-17)29-9-8-19(28(29,2)3)18-12-22(35-36-26(18)29)25-20(30)6-5-7-21(25)31;1-24(2)15-8-10-25(24,21-14(15)12-18(31-32-21)20-16(26)6-5-7-17(20)27)19-9-11-28-22(30-19)35-13-29-23(33-35)38(36,37)34(3)4;1-23(2)14-7-9-24(23,20-13(14)11-17(31-32-20)19-15(25)5-4-6-16(19)26)18-8-10-28-21(30-18)34-12-29-22(33-34)37(35,36)27-3/h5-7,10,12,15,17,19H,4,8-9,11,13-14H2,1-3H3;5-7,9,11-13,15H,8,10H2,1-4H3;4-6,8,10-12,14,27H,7,9H2,1-3H3/t17?,19-,29-,40?;15-,25-;14-,24-/m000/s1. The number of nitrogens with zero attached hydrogens (tertiary/aromatic N) is 22. The van der Waals surface area contributed by atoms with E-state index in [1.807, 2.05) is 19.1 Å². The van der Waals surface area contributed by atoms with Gasteiger partial charge in [-0.25, -0.2) is 97.1 Å². The van der Waals surface area contributed by atoms with Crippen molar-refractivity contribution < 1.29 is 47.4 Å². The van der Waals surface area contributed by atoms with E-state index in [4.69, 9.17) is 15.0 Å². The summed E-state index contributed by atoms with van der Waals surface area (Å²) in [5.41, 5.74) is 5.15. The van der Waals surface area contributed by atoms with E-state index in [2.05, 4.69) is 128 Å². The highest BCUT2D eigenvalue weighted by molar-refractivity contribution is 8.01. The van der Waals surface area contributed by atoms with Crippen LogP contribution in [0, 0.1) is 64.0 Å². The molecule has 0 amide bonds. The number of sulfonamides is 2. The average Bonchev–Trinajstić information content (AvgIpc) is 1.53. The van der Waals surface area contributed by atoms with Crippen molar-refractivity contribution in [3.8, 4) is 51.6 Å². The third-order valence-electron chi connectivity index (χ3n) is 25.1. The van der Waals surface area contributed by atoms with E-state index in [9.17, 15) is 47.4 Å². The van der Waals surface area contributed by atoms with Gasteiger partial charge in [-0.3, -0.25) is 4.21 Å². The van der Waals surface area contributed by atoms with Crippen LogP contribution in [-0.4, -0.2) is 169 Å². The molecule has 3 aromatic carbocycles. The minimum Gasteiger partial charge on any atom is -0.268 e. The number of hydrogen-bond donors (Lipinski definition) is 1. The van der Waals surface area contributed by atoms with Crippen LogP contribution in [0.15, 0.2) is 133 Å². The zero-order valence-corrected chi connectivity index (χ0v) is 66.2. The fourth-order valence-electron chi connectivity index (χ4n) is 19.4. The first kappa shape index (κ1) is 76.6. The van der Waals surface area contributed by atoms with E-state index in [1.54, 1.807) is 47.7 Å². The molecule has 4 fully saturated rings. The van der Waals surface area contributed by atoms with Crippen molar-refractivity contribution in [1.82, 2.24) is 114 Å². The first-order valence-electron chi connectivity index (χ1n) is 37.0. The highest BCUT2D eigenvalue weighted by Crippen LogP contribution is 2.72. The van der Waals surface area contributed by atoms with Gasteiger partial charge in [0.1, 0.15) is 53.9 Å². The Hall–Kier alpha value is -11.0. The van der Waals surface area contributed by atoms with Gasteiger partial charge in [0.25, 0.3) is 48.2 Å². The maximum Gasteiger partial charge on any atom is 0.282 e. The van der Waals surface area contributed by atoms with Gasteiger partial charge < -0.3 is 0 Å². The normalized spacial score (nSPS) is 23.9. The molecule has 7 aliphatic rings. The van der Waals surface area contributed by atoms with Crippen LogP contribution in [0.1, 0.15) is 160 Å². The number of hydrogen-bond acceptors (Lipinski definition) is 23. The smallest absolute Gasteiger partial charge is 0.268 e. The molecule has 1 N–H and O–H groups in total. The Kier molecular flexibility index (Phi) is 18.0. The first-order chi connectivity index (χ1) is 54.6. The molecule has 6 bridgehead atoms. The SMILES string of the molecule is C=S1(=O)CC(Cc2ncn(-c3nc(C)cc([C@@]45CC[C@@H](c6cc(-c7c(F)cccc7F)nnc64)C5(C)C)n3)n2)C1.CN(C)S(=O)(=O)c1ncn(-c2nccc([C@@]34CC[C@@H](c5cc(-c6c(F)cccc6F)nnc53)C4(C)C)n2)n1.CNS(=O)(=O)c1ncn(-c2nccc([C@@]34CC[C@@H](c5cc(-c6c(F)cccc6F)nnc53)C4(C)C)n2)n1. The van der Waals surface area contributed by atoms with Gasteiger partial charge in [0.2, 0.25) is 0 Å². The van der Waals surface area contributed by atoms with Crippen molar-refractivity contribution in [3.63, 3.8) is 0 Å². The molecule has 0 spiro atoms. The summed E-state index contributed by atoms with van der Waals surface area (Å²) < 4.78 is 155. The summed E-state index contributed by atoms with van der Waals surface area (Å²) in [7, 11) is -5.51. The second-order valence-electron chi connectivity index (χ2n) is 32.1. The molecule has 0 unspecified atom stereocenters. The van der Waals surface area contributed by atoms with Crippen LogP contribution in [-0.2, 0) is 52.2 Å². The maximum absolute atomic E-state index is 14.6. The van der Waals surface area contributed by atoms with Crippen LogP contribution < -0.4 is 4.72 Å². The van der Waals surface area contributed by atoms with Crippen LogP contribution >= 0.6 is 0 Å². The zero-order valence-electron chi connectivity index (χ0n) is 63.8. The third-order valence-corrected chi connectivity index (χ3v) is 30.1. The van der Waals surface area contributed by atoms with Gasteiger partial charge >= 0.3 is 0 Å². The lowest BCUT2D eigenvalue weighted by Gasteiger charge is -2.37. The van der Waals surface area contributed by atoms with Crippen molar-refractivity contribution in [3.05, 3.63) is 220 Å². The molecular formula is C78H75F6N23O5S3. The van der Waals surface area contributed by atoms with Gasteiger partial charge in [-0.1, -0.05) is 59.7 Å². The number of fused-ring (bicyclic) bond motifs is 15. The number of benzene rings is 3. The fraction of sp³-hybridized carbons (Fsp3) is 0.372. The Balaban J connectivity index is 0.000000124. The predicted molar refractivity (Wildman–Crippen MR) is 407 cm³/mol. The monoisotopic (exact) mass is 1620 g/mol. The maximum atomic E-state index is 14.6. The third kappa shape index (κ3) is 11.7. The summed E-state index contributed by atoms with van der Waals surface area (Å²) in [6.07, 6.45) is 12.8. The molecule has 6 atom stereocenters. The van der Waals surface area contributed by atoms with Crippen LogP contribution in [0.5, 0.6) is 0 Å². The highest BCUT2D eigenvalue weighted by Gasteiger charge is 2.68. The second kappa shape index (κ2) is 27.0. The van der Waals surface area contributed by atoms with Gasteiger partial charge in [-0.15, -0.1) is 30.6 Å². The van der Waals surface area contributed by atoms with Crippen molar-refractivity contribution >= 4 is 35.4 Å². The van der Waals surface area contributed by atoms with Gasteiger partial charge in [-0.2, -0.15) is 29.3 Å². The summed E-state index contributed by atoms with van der Waals surface area (Å²) in [5.74, 6) is 2.85. The van der Waals surface area contributed by atoms with Crippen LogP contribution in [0.25, 0.3) is 51.6 Å². The Bertz CT molecular complexity index is 6310. The van der Waals surface area contributed by atoms with Gasteiger partial charge in [0.05, 0.1) is 84.2 Å². The topological polar surface area (TPSA) is 347 Å². The Morgan fingerprint density at radius 2 is 0.870 bits per heavy atom. The van der Waals surface area contributed by atoms with E-state index in [0.29, 0.717) is 41.1 Å². The minimum atomic E-state index is -3.83. The number of aryl methyl sites for hydroxylation is 1. The molecule has 1 saturated heterocycles. The summed E-state index contributed by atoms with van der Waals surface area (Å²) in [6.45, 7) is 14.9. The quantitative estimate of drug-likeness (QED) is 0.0736. The van der Waals surface area contributed by atoms with Crippen molar-refractivity contribution in [2.45, 2.75) is 138 Å². The largest absolute Gasteiger partial charge is 0.282 e. The van der Waals surface area contributed by atoms with E-state index >= 15 is 0 Å². The summed E-state index contributed by atoms with van der Waals surface area (Å²) >= 11 is 0. The molecule has 19 rings (SSSR count). The number of nitrogens with one attached hydrogen (secondary N) is 1. The summed E-state index contributed by atoms with van der Waals surface area (Å²) in [4.78, 5) is 40.1. The molecule has 592 valence electrons. The van der Waals surface area contributed by atoms with E-state index in [1.165, 1.54) is 97.8 Å². The molecule has 12 aromatic rings. The van der Waals surface area contributed by atoms with Crippen LogP contribution in [0.3, 0.4) is 0 Å². The molecule has 3 saturated carbocycles. The van der Waals surface area contributed by atoms with Crippen LogP contribution in [0.2, 0.25) is 0 Å². The van der Waals surface area contributed by atoms with Crippen molar-refractivity contribution in [2.24, 2.45) is 22.2 Å². The zero-order chi connectivity index (χ0) is 81.2. The lowest BCUT2D eigenvalue weighted by atomic mass is 9.66. The molecule has 6 aliphatic carbocycles. The summed E-state index contributed by atoms with van der Waals surface area (Å²) in [5, 5.41) is 38.5. The minimum absolute atomic E-state index is 0.0724. The number of aromatic nitrogens is 21. The molecule has 0 radical (unpaired) electrons. The van der Waals surface area contributed by atoms with E-state index in [0.717, 1.165) is 88.0 Å². The Morgan fingerprint density at radius 1 is 0.496 bits per heavy atom.